The van der Waals surface area contributed by atoms with Crippen LogP contribution >= 0.6 is 22.9 Å². The van der Waals surface area contributed by atoms with Gasteiger partial charge in [0, 0.05) is 48.8 Å². The van der Waals surface area contributed by atoms with Crippen molar-refractivity contribution in [3.8, 4) is 5.75 Å². The van der Waals surface area contributed by atoms with Crippen LogP contribution in [0.2, 0.25) is 0 Å². The van der Waals surface area contributed by atoms with Gasteiger partial charge in [0.25, 0.3) is 0 Å². The average Bonchev–Trinajstić information content (AvgIpc) is 3.82. The first-order chi connectivity index (χ1) is 26.5. The predicted octanol–water partition coefficient (Wildman–Crippen LogP) is -3.26. The van der Waals surface area contributed by atoms with Gasteiger partial charge in [-0.25, -0.2) is 8.32 Å². The van der Waals surface area contributed by atoms with Crippen LogP contribution in [-0.2, 0) is 40.0 Å². The molecule has 20 nitrogen and oxygen atoms in total. The number of phenols is 1. The molecule has 0 bridgehead atoms. The first kappa shape index (κ1) is 46.2. The minimum Gasteiger partial charge on any atom is -0.508 e. The number of nitrogens with one attached hydrogen (secondary N) is 5. The van der Waals surface area contributed by atoms with E-state index < -0.39 is 103 Å². The number of amides is 6. The Balaban J connectivity index is 1.82. The predicted molar refractivity (Wildman–Crippen MR) is 206 cm³/mol. The third kappa shape index (κ3) is 12.7. The molecule has 12 N–H and O–H groups in total. The van der Waals surface area contributed by atoms with Crippen molar-refractivity contribution in [2.75, 3.05) is 26.2 Å². The van der Waals surface area contributed by atoms with Gasteiger partial charge in [0.2, 0.25) is 35.4 Å². The Bertz CT molecular complexity index is 1550. The third-order valence-electron chi connectivity index (χ3n) is 9.67. The van der Waals surface area contributed by atoms with E-state index in [9.17, 15) is 59.1 Å². The number of phenolic OH excluding ortho intramolecular Hbond substituents is 1. The minimum absolute atomic E-state index is 0.0786. The summed E-state index contributed by atoms with van der Waals surface area (Å²) in [5.74, 6) is -6.11. The molecule has 312 valence electrons. The standard InChI is InChI=1S/C35H53IN8O12/c1-18(42-36)29(49)38-23(6-3-4-12-37)33(53)43-13-5-7-26(43)31(51)40-25(17-45)30(50)39-24(14-20-8-10-21(47)11-9-20)34(54)44-16-22(48)15-27(44)32(52)41-28(19(2)46)35(55)56/h8-11,18-19,22-28,42,45-48H,3-7,12-17,37H2,1-2H3,(H,38,49)(H,39,50)(H,40,51)(H,41,52)(H,55,56)/t18-,19+,22+,23-,24-,25-,26-,27-,28-/m0/s1. The molecule has 3 rings (SSSR count). The molecule has 6 amide bonds. The quantitative estimate of drug-likeness (QED) is 0.0348. The molecule has 1 aromatic carbocycles. The highest BCUT2D eigenvalue weighted by Gasteiger charge is 2.44. The van der Waals surface area contributed by atoms with E-state index in [4.69, 9.17) is 5.73 Å². The summed E-state index contributed by atoms with van der Waals surface area (Å²) in [6, 6.07) is -3.14. The highest BCUT2D eigenvalue weighted by atomic mass is 127. The molecule has 0 aliphatic carbocycles. The second kappa shape index (κ2) is 22.0. The Labute approximate surface area is 337 Å². The van der Waals surface area contributed by atoms with E-state index in [1.165, 1.54) is 29.2 Å². The minimum atomic E-state index is -1.72. The second-order valence-corrected chi connectivity index (χ2v) is 14.6. The molecule has 0 unspecified atom stereocenters. The third-order valence-corrected chi connectivity index (χ3v) is 10.6. The molecule has 0 aromatic heterocycles. The van der Waals surface area contributed by atoms with E-state index >= 15 is 0 Å². The number of hydrogen-bond donors (Lipinski definition) is 11. The van der Waals surface area contributed by atoms with E-state index in [2.05, 4.69) is 24.8 Å². The van der Waals surface area contributed by atoms with Gasteiger partial charge in [-0.05, 0) is 70.2 Å². The van der Waals surface area contributed by atoms with Crippen molar-refractivity contribution in [1.82, 2.24) is 34.6 Å². The number of likely N-dealkylation sites (tertiary alicyclic amines) is 2. The summed E-state index contributed by atoms with van der Waals surface area (Å²) in [5.41, 5.74) is 6.08. The first-order valence-corrected chi connectivity index (χ1v) is 19.5. The molecule has 9 atom stereocenters. The number of nitrogens with two attached hydrogens (primary N) is 1. The largest absolute Gasteiger partial charge is 0.508 e. The molecule has 2 aliphatic rings. The fourth-order valence-electron chi connectivity index (χ4n) is 6.55. The Morgan fingerprint density at radius 2 is 1.50 bits per heavy atom. The van der Waals surface area contributed by atoms with E-state index in [1.807, 2.05) is 22.9 Å². The zero-order valence-corrected chi connectivity index (χ0v) is 33.4. The van der Waals surface area contributed by atoms with Crippen molar-refractivity contribution in [2.45, 2.75) is 113 Å². The maximum atomic E-state index is 14.1. The van der Waals surface area contributed by atoms with Crippen LogP contribution in [0.15, 0.2) is 24.3 Å². The first-order valence-electron chi connectivity index (χ1n) is 18.4. The lowest BCUT2D eigenvalue weighted by atomic mass is 10.0. The van der Waals surface area contributed by atoms with Gasteiger partial charge in [0.05, 0.1) is 24.9 Å². The number of carbonyl (C=O) groups excluding carboxylic acids is 6. The zero-order valence-electron chi connectivity index (χ0n) is 31.2. The fourth-order valence-corrected chi connectivity index (χ4v) is 6.83. The van der Waals surface area contributed by atoms with Crippen LogP contribution in [0.5, 0.6) is 5.75 Å². The van der Waals surface area contributed by atoms with Crippen LogP contribution in [0.1, 0.15) is 57.9 Å². The summed E-state index contributed by atoms with van der Waals surface area (Å²) < 4.78 is 2.78. The number of carbonyl (C=O) groups is 7. The van der Waals surface area contributed by atoms with Crippen molar-refractivity contribution in [2.24, 2.45) is 5.73 Å². The van der Waals surface area contributed by atoms with E-state index in [-0.39, 0.29) is 44.5 Å². The van der Waals surface area contributed by atoms with Gasteiger partial charge in [-0.3, -0.25) is 28.8 Å². The number of carboxylic acids is 1. The van der Waals surface area contributed by atoms with Crippen molar-refractivity contribution >= 4 is 64.3 Å². The lowest BCUT2D eigenvalue weighted by Gasteiger charge is -2.31. The van der Waals surface area contributed by atoms with Crippen LogP contribution in [-0.4, -0.2) is 157 Å². The van der Waals surface area contributed by atoms with Crippen LogP contribution in [0.4, 0.5) is 0 Å². The SMILES string of the molecule is C[C@H](NI)C(=O)N[C@@H](CCCCN)C(=O)N1CCC[C@H]1C(=O)N[C@@H](CO)C(=O)N[C@@H](Cc1ccc(O)cc1)C(=O)N1C[C@H](O)C[C@H]1C(=O)N[C@H](C(=O)O)[C@@H](C)O. The van der Waals surface area contributed by atoms with E-state index in [0.717, 1.165) is 11.8 Å². The number of β-amino-alcohol motifs (C(OH)–C–C–N with tert-alkyl or cyclic N) is 1. The number of rotatable bonds is 20. The summed E-state index contributed by atoms with van der Waals surface area (Å²) in [7, 11) is 0. The number of halogens is 1. The molecule has 2 heterocycles. The van der Waals surface area contributed by atoms with Crippen molar-refractivity contribution < 1.29 is 59.1 Å². The number of carboxylic acid groups (broad SMARTS) is 1. The average molecular weight is 905 g/mol. The number of nitrogens with zero attached hydrogens (tertiary/aromatic N) is 2. The highest BCUT2D eigenvalue weighted by molar-refractivity contribution is 14.1. The van der Waals surface area contributed by atoms with Crippen molar-refractivity contribution in [3.05, 3.63) is 29.8 Å². The molecule has 2 fully saturated rings. The van der Waals surface area contributed by atoms with Gasteiger partial charge in [-0.15, -0.1) is 0 Å². The number of hydrogen-bond acceptors (Lipinski definition) is 13. The van der Waals surface area contributed by atoms with Crippen molar-refractivity contribution in [3.63, 3.8) is 0 Å². The summed E-state index contributed by atoms with van der Waals surface area (Å²) in [5, 5.41) is 59.7. The van der Waals surface area contributed by atoms with Gasteiger partial charge < -0.3 is 62.3 Å². The molecular formula is C35H53IN8O12. The highest BCUT2D eigenvalue weighted by Crippen LogP contribution is 2.23. The summed E-state index contributed by atoms with van der Waals surface area (Å²) in [6.45, 7) is 2.08. The maximum absolute atomic E-state index is 14.1. The maximum Gasteiger partial charge on any atom is 0.328 e. The summed E-state index contributed by atoms with van der Waals surface area (Å²) in [6.07, 6.45) is -1.10. The lowest BCUT2D eigenvalue weighted by Crippen LogP contribution is -2.60. The molecule has 2 aliphatic heterocycles. The number of aliphatic hydroxyl groups excluding tert-OH is 3. The molecule has 21 heteroatoms. The van der Waals surface area contributed by atoms with Gasteiger partial charge in [0.15, 0.2) is 6.04 Å². The second-order valence-electron chi connectivity index (χ2n) is 14.0. The monoisotopic (exact) mass is 904 g/mol. The van der Waals surface area contributed by atoms with Crippen LogP contribution < -0.4 is 30.5 Å². The molecule has 56 heavy (non-hydrogen) atoms. The normalized spacial score (nSPS) is 21.2. The van der Waals surface area contributed by atoms with Crippen LogP contribution in [0.3, 0.4) is 0 Å². The molecule has 0 radical (unpaired) electrons. The zero-order chi connectivity index (χ0) is 41.7. The smallest absolute Gasteiger partial charge is 0.328 e. The number of benzene rings is 1. The fraction of sp³-hybridized carbons (Fsp3) is 0.629. The van der Waals surface area contributed by atoms with Gasteiger partial charge >= 0.3 is 5.97 Å². The molecule has 2 saturated heterocycles. The van der Waals surface area contributed by atoms with Crippen LogP contribution in [0.25, 0.3) is 0 Å². The summed E-state index contributed by atoms with van der Waals surface area (Å²) in [4.78, 5) is 95.0. The van der Waals surface area contributed by atoms with Gasteiger partial charge in [-0.2, -0.15) is 0 Å². The Morgan fingerprint density at radius 3 is 2.09 bits per heavy atom. The molecule has 1 aromatic rings. The topological polar surface area (TPSA) is 313 Å². The molecule has 0 spiro atoms. The Hall–Kier alpha value is -4.16. The van der Waals surface area contributed by atoms with Gasteiger partial charge in [0.1, 0.15) is 36.0 Å². The molecular weight excluding hydrogens is 851 g/mol. The Morgan fingerprint density at radius 1 is 0.875 bits per heavy atom. The van der Waals surface area contributed by atoms with E-state index in [0.29, 0.717) is 31.4 Å². The number of unbranched alkanes of at least 4 members (excludes halogenated alkanes) is 1. The Kier molecular flexibility index (Phi) is 18.1. The van der Waals surface area contributed by atoms with Gasteiger partial charge in [-0.1, -0.05) is 12.1 Å². The number of aromatic hydroxyl groups is 1. The summed E-state index contributed by atoms with van der Waals surface area (Å²) >= 11 is 1.83. The van der Waals surface area contributed by atoms with Crippen LogP contribution in [0, 0.1) is 0 Å². The number of aliphatic carboxylic acids is 1. The lowest BCUT2D eigenvalue weighted by molar-refractivity contribution is -0.147. The van der Waals surface area contributed by atoms with Crippen molar-refractivity contribution in [1.29, 1.82) is 0 Å². The number of aliphatic hydroxyl groups is 3. The van der Waals surface area contributed by atoms with E-state index in [1.54, 1.807) is 6.92 Å². The molecule has 0 saturated carbocycles.